The molecule has 1 N–H and O–H groups in total. The van der Waals surface area contributed by atoms with Gasteiger partial charge in [0.15, 0.2) is 9.84 Å². The SMILES string of the molecule is CS(=O)(=O)c1ccc(Cl)c(NC(=O)CN2CCN(c3ccccc3F)CC2)c1. The fourth-order valence-corrected chi connectivity index (χ4v) is 3.89. The summed E-state index contributed by atoms with van der Waals surface area (Å²) in [6.07, 6.45) is 1.09. The fourth-order valence-electron chi connectivity index (χ4n) is 3.08. The molecule has 2 aromatic rings. The number of piperazine rings is 1. The Morgan fingerprint density at radius 1 is 1.14 bits per heavy atom. The molecule has 0 atom stereocenters. The van der Waals surface area contributed by atoms with E-state index in [2.05, 4.69) is 5.32 Å². The van der Waals surface area contributed by atoms with Crippen LogP contribution in [0.15, 0.2) is 47.4 Å². The first-order valence-electron chi connectivity index (χ1n) is 8.75. The van der Waals surface area contributed by atoms with Gasteiger partial charge >= 0.3 is 0 Å². The van der Waals surface area contributed by atoms with Gasteiger partial charge in [-0.3, -0.25) is 9.69 Å². The highest BCUT2D eigenvalue weighted by Gasteiger charge is 2.21. The summed E-state index contributed by atoms with van der Waals surface area (Å²) in [5.41, 5.74) is 0.829. The molecule has 1 aliphatic rings. The van der Waals surface area contributed by atoms with Crippen molar-refractivity contribution in [3.8, 4) is 0 Å². The second kappa shape index (κ2) is 8.46. The molecule has 1 saturated heterocycles. The molecular weight excluding hydrogens is 405 g/mol. The number of rotatable bonds is 5. The van der Waals surface area contributed by atoms with Gasteiger partial charge in [-0.1, -0.05) is 23.7 Å². The molecule has 28 heavy (non-hydrogen) atoms. The molecule has 0 aliphatic carbocycles. The van der Waals surface area contributed by atoms with Crippen LogP contribution in [0.25, 0.3) is 0 Å². The Hall–Kier alpha value is -2.16. The van der Waals surface area contributed by atoms with Gasteiger partial charge in [0, 0.05) is 32.4 Å². The number of sulfone groups is 1. The van der Waals surface area contributed by atoms with E-state index in [1.165, 1.54) is 24.3 Å². The molecule has 6 nitrogen and oxygen atoms in total. The largest absolute Gasteiger partial charge is 0.367 e. The summed E-state index contributed by atoms with van der Waals surface area (Å²) >= 11 is 6.07. The average Bonchev–Trinajstić information content (AvgIpc) is 2.64. The maximum atomic E-state index is 13.9. The average molecular weight is 426 g/mol. The summed E-state index contributed by atoms with van der Waals surface area (Å²) in [5.74, 6) is -0.541. The van der Waals surface area contributed by atoms with E-state index in [9.17, 15) is 17.6 Å². The number of amides is 1. The number of halogens is 2. The van der Waals surface area contributed by atoms with Crippen LogP contribution in [0, 0.1) is 5.82 Å². The Balaban J connectivity index is 1.58. The number of hydrogen-bond donors (Lipinski definition) is 1. The molecule has 0 saturated carbocycles. The van der Waals surface area contributed by atoms with Gasteiger partial charge in [0.05, 0.1) is 27.8 Å². The van der Waals surface area contributed by atoms with Gasteiger partial charge in [-0.2, -0.15) is 0 Å². The van der Waals surface area contributed by atoms with E-state index in [0.717, 1.165) is 6.26 Å². The van der Waals surface area contributed by atoms with Crippen molar-refractivity contribution in [1.29, 1.82) is 0 Å². The van der Waals surface area contributed by atoms with Crippen molar-refractivity contribution in [2.24, 2.45) is 0 Å². The van der Waals surface area contributed by atoms with E-state index in [1.54, 1.807) is 18.2 Å². The zero-order chi connectivity index (χ0) is 20.3. The maximum absolute atomic E-state index is 13.9. The van der Waals surface area contributed by atoms with Crippen molar-refractivity contribution < 1.29 is 17.6 Å². The Morgan fingerprint density at radius 2 is 1.82 bits per heavy atom. The summed E-state index contributed by atoms with van der Waals surface area (Å²) in [4.78, 5) is 16.4. The lowest BCUT2D eigenvalue weighted by Crippen LogP contribution is -2.48. The van der Waals surface area contributed by atoms with Crippen LogP contribution in [0.2, 0.25) is 5.02 Å². The smallest absolute Gasteiger partial charge is 0.238 e. The van der Waals surface area contributed by atoms with Gasteiger partial charge in [-0.05, 0) is 30.3 Å². The second-order valence-corrected chi connectivity index (χ2v) is 9.10. The Labute approximate surface area is 168 Å². The third-order valence-corrected chi connectivity index (χ3v) is 6.01. The van der Waals surface area contributed by atoms with Crippen molar-refractivity contribution in [2.75, 3.05) is 49.2 Å². The highest BCUT2D eigenvalue weighted by Crippen LogP contribution is 2.25. The Bertz CT molecular complexity index is 976. The number of para-hydroxylation sites is 1. The van der Waals surface area contributed by atoms with Crippen LogP contribution in [0.4, 0.5) is 15.8 Å². The number of carbonyl (C=O) groups is 1. The van der Waals surface area contributed by atoms with E-state index in [4.69, 9.17) is 11.6 Å². The van der Waals surface area contributed by atoms with Crippen LogP contribution in [0.3, 0.4) is 0 Å². The number of nitrogens with zero attached hydrogens (tertiary/aromatic N) is 2. The number of carbonyl (C=O) groups excluding carboxylic acids is 1. The number of anilines is 2. The molecule has 150 valence electrons. The molecule has 0 aromatic heterocycles. The predicted molar refractivity (Wildman–Crippen MR) is 108 cm³/mol. The molecule has 1 aliphatic heterocycles. The standard InChI is InChI=1S/C19H21ClFN3O3S/c1-28(26,27)14-6-7-15(20)17(12-14)22-19(25)13-23-8-10-24(11-9-23)18-5-3-2-4-16(18)21/h2-7,12H,8-11,13H2,1H3,(H,22,25). The number of benzene rings is 2. The van der Waals surface area contributed by atoms with Crippen LogP contribution < -0.4 is 10.2 Å². The zero-order valence-electron chi connectivity index (χ0n) is 15.4. The summed E-state index contributed by atoms with van der Waals surface area (Å²) in [5, 5.41) is 2.94. The van der Waals surface area contributed by atoms with E-state index in [0.29, 0.717) is 31.9 Å². The quantitative estimate of drug-likeness (QED) is 0.797. The van der Waals surface area contributed by atoms with Crippen LogP contribution in [-0.2, 0) is 14.6 Å². The topological polar surface area (TPSA) is 69.7 Å². The van der Waals surface area contributed by atoms with Crippen LogP contribution in [-0.4, -0.2) is 58.2 Å². The predicted octanol–water partition coefficient (Wildman–Crippen LogP) is 2.64. The van der Waals surface area contributed by atoms with Crippen molar-refractivity contribution in [3.63, 3.8) is 0 Å². The van der Waals surface area contributed by atoms with E-state index < -0.39 is 9.84 Å². The Morgan fingerprint density at radius 3 is 2.46 bits per heavy atom. The zero-order valence-corrected chi connectivity index (χ0v) is 16.9. The molecular formula is C19H21ClFN3O3S. The van der Waals surface area contributed by atoms with Crippen molar-refractivity contribution in [1.82, 2.24) is 4.90 Å². The minimum absolute atomic E-state index is 0.0886. The lowest BCUT2D eigenvalue weighted by Gasteiger charge is -2.35. The monoisotopic (exact) mass is 425 g/mol. The van der Waals surface area contributed by atoms with Gasteiger partial charge in [-0.25, -0.2) is 12.8 Å². The lowest BCUT2D eigenvalue weighted by atomic mass is 10.2. The maximum Gasteiger partial charge on any atom is 0.238 e. The molecule has 1 heterocycles. The lowest BCUT2D eigenvalue weighted by molar-refractivity contribution is -0.117. The minimum Gasteiger partial charge on any atom is -0.367 e. The summed E-state index contributed by atoms with van der Waals surface area (Å²) in [7, 11) is -3.40. The first-order valence-corrected chi connectivity index (χ1v) is 11.0. The molecule has 0 spiro atoms. The highest BCUT2D eigenvalue weighted by atomic mass is 35.5. The van der Waals surface area contributed by atoms with Crippen molar-refractivity contribution in [3.05, 3.63) is 53.3 Å². The van der Waals surface area contributed by atoms with Gasteiger partial charge in [0.2, 0.25) is 5.91 Å². The van der Waals surface area contributed by atoms with Gasteiger partial charge < -0.3 is 10.2 Å². The third kappa shape index (κ3) is 5.01. The van der Waals surface area contributed by atoms with Crippen LogP contribution >= 0.6 is 11.6 Å². The van der Waals surface area contributed by atoms with Crippen LogP contribution in [0.5, 0.6) is 0 Å². The number of hydrogen-bond acceptors (Lipinski definition) is 5. The molecule has 1 fully saturated rings. The minimum atomic E-state index is -3.40. The highest BCUT2D eigenvalue weighted by molar-refractivity contribution is 7.90. The molecule has 2 aromatic carbocycles. The molecule has 0 radical (unpaired) electrons. The summed E-state index contributed by atoms with van der Waals surface area (Å²) in [6.45, 7) is 2.58. The molecule has 0 bridgehead atoms. The third-order valence-electron chi connectivity index (χ3n) is 4.57. The van der Waals surface area contributed by atoms with Crippen LogP contribution in [0.1, 0.15) is 0 Å². The summed E-state index contributed by atoms with van der Waals surface area (Å²) in [6, 6.07) is 10.8. The van der Waals surface area contributed by atoms with Crippen molar-refractivity contribution in [2.45, 2.75) is 4.90 Å². The van der Waals surface area contributed by atoms with E-state index >= 15 is 0 Å². The normalized spacial score (nSPS) is 15.5. The van der Waals surface area contributed by atoms with Gasteiger partial charge in [0.25, 0.3) is 0 Å². The van der Waals surface area contributed by atoms with Gasteiger partial charge in [-0.15, -0.1) is 0 Å². The molecule has 0 unspecified atom stereocenters. The van der Waals surface area contributed by atoms with E-state index in [1.807, 2.05) is 9.80 Å². The van der Waals surface area contributed by atoms with E-state index in [-0.39, 0.29) is 33.9 Å². The summed E-state index contributed by atoms with van der Waals surface area (Å²) < 4.78 is 37.3. The molecule has 1 amide bonds. The first kappa shape index (κ1) is 20.6. The first-order chi connectivity index (χ1) is 13.2. The number of nitrogens with one attached hydrogen (secondary N) is 1. The fraction of sp³-hybridized carbons (Fsp3) is 0.316. The molecule has 9 heteroatoms. The second-order valence-electron chi connectivity index (χ2n) is 6.68. The molecule has 3 rings (SSSR count). The van der Waals surface area contributed by atoms with Crippen molar-refractivity contribution >= 4 is 38.7 Å². The Kier molecular flexibility index (Phi) is 6.22. The van der Waals surface area contributed by atoms with Gasteiger partial charge in [0.1, 0.15) is 5.82 Å².